The molecule has 0 aromatic carbocycles. The molecule has 0 radical (unpaired) electrons. The Morgan fingerprint density at radius 1 is 1.33 bits per heavy atom. The fourth-order valence-corrected chi connectivity index (χ4v) is 5.22. The fourth-order valence-electron chi connectivity index (χ4n) is 3.62. The van der Waals surface area contributed by atoms with E-state index < -0.39 is 0 Å². The molecule has 1 atom stereocenters. The Kier molecular flexibility index (Phi) is 4.37. The van der Waals surface area contributed by atoms with Crippen LogP contribution in [0.1, 0.15) is 29.3 Å². The van der Waals surface area contributed by atoms with Crippen LogP contribution in [-0.4, -0.2) is 44.7 Å². The van der Waals surface area contributed by atoms with Crippen molar-refractivity contribution < 1.29 is 9.26 Å². The van der Waals surface area contributed by atoms with E-state index in [4.69, 9.17) is 9.26 Å². The second-order valence-corrected chi connectivity index (χ2v) is 8.46. The van der Waals surface area contributed by atoms with Gasteiger partial charge in [-0.3, -0.25) is 9.88 Å². The van der Waals surface area contributed by atoms with Crippen molar-refractivity contribution in [2.45, 2.75) is 44.3 Å². The van der Waals surface area contributed by atoms with Gasteiger partial charge in [0.2, 0.25) is 0 Å². The van der Waals surface area contributed by atoms with Crippen molar-refractivity contribution in [2.75, 3.05) is 18.8 Å². The third-order valence-electron chi connectivity index (χ3n) is 4.67. The average molecular weight is 345 g/mol. The molecule has 0 unspecified atom stereocenters. The van der Waals surface area contributed by atoms with Crippen LogP contribution in [0.25, 0.3) is 0 Å². The minimum Gasteiger partial charge on any atom is -0.371 e. The van der Waals surface area contributed by atoms with E-state index in [0.717, 1.165) is 54.6 Å². The maximum Gasteiger partial charge on any atom is 0.133 e. The number of aryl methyl sites for hydroxylation is 2. The van der Waals surface area contributed by atoms with Crippen LogP contribution in [0.2, 0.25) is 0 Å². The lowest BCUT2D eigenvalue weighted by atomic mass is 9.93. The van der Waals surface area contributed by atoms with Crippen molar-refractivity contribution >= 4 is 11.8 Å². The molecule has 2 saturated heterocycles. The summed E-state index contributed by atoms with van der Waals surface area (Å²) >= 11 is 2.07. The largest absolute Gasteiger partial charge is 0.371 e. The molecule has 5 nitrogen and oxygen atoms in total. The van der Waals surface area contributed by atoms with Crippen LogP contribution < -0.4 is 0 Å². The predicted octanol–water partition coefficient (Wildman–Crippen LogP) is 2.96. The van der Waals surface area contributed by atoms with Gasteiger partial charge in [0.25, 0.3) is 0 Å². The smallest absolute Gasteiger partial charge is 0.133 e. The van der Waals surface area contributed by atoms with Gasteiger partial charge in [-0.2, -0.15) is 0 Å². The van der Waals surface area contributed by atoms with Gasteiger partial charge >= 0.3 is 0 Å². The van der Waals surface area contributed by atoms with E-state index in [-0.39, 0.29) is 0 Å². The minimum absolute atomic E-state index is 0.341. The summed E-state index contributed by atoms with van der Waals surface area (Å²) < 4.78 is 11.6. The molecular formula is C18H23N3O2S. The van der Waals surface area contributed by atoms with Crippen molar-refractivity contribution in [3.63, 3.8) is 0 Å². The first kappa shape index (κ1) is 16.1. The van der Waals surface area contributed by atoms with E-state index in [9.17, 15) is 0 Å². The van der Waals surface area contributed by atoms with Gasteiger partial charge in [0.1, 0.15) is 5.76 Å². The van der Waals surface area contributed by atoms with Crippen LogP contribution in [-0.2, 0) is 17.9 Å². The third kappa shape index (κ3) is 3.50. The first-order valence-corrected chi connectivity index (χ1v) is 9.41. The van der Waals surface area contributed by atoms with Gasteiger partial charge in [-0.05, 0) is 32.4 Å². The zero-order valence-corrected chi connectivity index (χ0v) is 15.0. The van der Waals surface area contributed by atoms with Gasteiger partial charge in [-0.25, -0.2) is 0 Å². The average Bonchev–Trinajstić information content (AvgIpc) is 3.12. The van der Waals surface area contributed by atoms with Gasteiger partial charge < -0.3 is 9.26 Å². The number of rotatable bonds is 5. The monoisotopic (exact) mass is 345 g/mol. The van der Waals surface area contributed by atoms with Crippen LogP contribution in [0, 0.1) is 13.8 Å². The number of thioether (sulfide) groups is 1. The molecule has 4 heterocycles. The molecule has 0 saturated carbocycles. The lowest BCUT2D eigenvalue weighted by molar-refractivity contribution is 0.0246. The molecule has 128 valence electrons. The Balaban J connectivity index is 1.24. The number of aromatic nitrogens is 2. The molecule has 0 N–H and O–H groups in total. The number of ether oxygens (including phenoxy) is 1. The Bertz CT molecular complexity index is 712. The maximum atomic E-state index is 6.10. The summed E-state index contributed by atoms with van der Waals surface area (Å²) in [5, 5.41) is 4.08. The molecule has 24 heavy (non-hydrogen) atoms. The first-order valence-electron chi connectivity index (χ1n) is 8.43. The molecule has 2 aromatic rings. The molecule has 1 spiro atoms. The normalized spacial score (nSPS) is 22.8. The maximum absolute atomic E-state index is 6.10. The molecular weight excluding hydrogens is 322 g/mol. The Morgan fingerprint density at radius 2 is 2.21 bits per heavy atom. The number of hydrogen-bond acceptors (Lipinski definition) is 6. The Morgan fingerprint density at radius 3 is 2.96 bits per heavy atom. The summed E-state index contributed by atoms with van der Waals surface area (Å²) in [6.07, 6.45) is 1.48. The van der Waals surface area contributed by atoms with E-state index >= 15 is 0 Å². The lowest BCUT2D eigenvalue weighted by Gasteiger charge is -2.47. The second-order valence-electron chi connectivity index (χ2n) is 6.98. The quantitative estimate of drug-likeness (QED) is 0.830. The summed E-state index contributed by atoms with van der Waals surface area (Å²) in [4.78, 5) is 6.95. The Labute approximate surface area is 146 Å². The van der Waals surface area contributed by atoms with E-state index in [1.807, 2.05) is 38.1 Å². The van der Waals surface area contributed by atoms with Gasteiger partial charge in [-0.1, -0.05) is 11.2 Å². The minimum atomic E-state index is 0.341. The van der Waals surface area contributed by atoms with Crippen molar-refractivity contribution in [1.82, 2.24) is 15.0 Å². The molecule has 0 aliphatic carbocycles. The molecule has 2 aromatic heterocycles. The van der Waals surface area contributed by atoms with E-state index in [1.165, 1.54) is 0 Å². The number of likely N-dealkylation sites (tertiary alicyclic amines) is 1. The van der Waals surface area contributed by atoms with E-state index in [0.29, 0.717) is 17.5 Å². The van der Waals surface area contributed by atoms with Crippen LogP contribution in [0.3, 0.4) is 0 Å². The standard InChI is InChI=1S/C18H23N3O2S/c1-13-4-3-5-15(19-13)9-22-17-7-18(24-10-17)11-21(12-18)8-16-6-14(2)23-20-16/h3-6,17H,7-12H2,1-2H3/t17-/m1/s1. The highest BCUT2D eigenvalue weighted by molar-refractivity contribution is 8.01. The second kappa shape index (κ2) is 6.50. The van der Waals surface area contributed by atoms with Crippen molar-refractivity contribution in [3.05, 3.63) is 47.1 Å². The highest BCUT2D eigenvalue weighted by Gasteiger charge is 2.49. The highest BCUT2D eigenvalue weighted by Crippen LogP contribution is 2.46. The third-order valence-corrected chi connectivity index (χ3v) is 6.25. The summed E-state index contributed by atoms with van der Waals surface area (Å²) in [7, 11) is 0. The summed E-state index contributed by atoms with van der Waals surface area (Å²) in [6.45, 7) is 7.69. The predicted molar refractivity (Wildman–Crippen MR) is 93.9 cm³/mol. The van der Waals surface area contributed by atoms with E-state index in [1.54, 1.807) is 0 Å². The van der Waals surface area contributed by atoms with Crippen molar-refractivity contribution in [2.24, 2.45) is 0 Å². The summed E-state index contributed by atoms with van der Waals surface area (Å²) in [6, 6.07) is 8.12. The zero-order chi connectivity index (χ0) is 16.6. The molecule has 6 heteroatoms. The van der Waals surface area contributed by atoms with Crippen LogP contribution >= 0.6 is 11.8 Å². The van der Waals surface area contributed by atoms with Gasteiger partial charge in [-0.15, -0.1) is 11.8 Å². The molecule has 2 aliphatic heterocycles. The summed E-state index contributed by atoms with van der Waals surface area (Å²) in [5.41, 5.74) is 3.10. The van der Waals surface area contributed by atoms with E-state index in [2.05, 4.69) is 26.8 Å². The van der Waals surface area contributed by atoms with Gasteiger partial charge in [0, 0.05) is 41.9 Å². The molecule has 2 aliphatic rings. The van der Waals surface area contributed by atoms with Gasteiger partial charge in [0.05, 0.1) is 24.1 Å². The number of pyridine rings is 1. The topological polar surface area (TPSA) is 51.4 Å². The lowest BCUT2D eigenvalue weighted by Crippen LogP contribution is -2.58. The molecule has 2 fully saturated rings. The fraction of sp³-hybridized carbons (Fsp3) is 0.556. The first-order chi connectivity index (χ1) is 11.6. The summed E-state index contributed by atoms with van der Waals surface area (Å²) in [5.74, 6) is 1.97. The van der Waals surface area contributed by atoms with Crippen molar-refractivity contribution in [3.8, 4) is 0 Å². The molecule has 0 amide bonds. The molecule has 0 bridgehead atoms. The highest BCUT2D eigenvalue weighted by atomic mass is 32.2. The number of nitrogens with zero attached hydrogens (tertiary/aromatic N) is 3. The van der Waals surface area contributed by atoms with Gasteiger partial charge in [0.15, 0.2) is 0 Å². The van der Waals surface area contributed by atoms with Crippen LogP contribution in [0.4, 0.5) is 0 Å². The van der Waals surface area contributed by atoms with Crippen LogP contribution in [0.15, 0.2) is 28.8 Å². The van der Waals surface area contributed by atoms with Crippen LogP contribution in [0.5, 0.6) is 0 Å². The Hall–Kier alpha value is -1.37. The SMILES string of the molecule is Cc1cccc(CO[C@H]2CSC3(C2)CN(Cc2cc(C)on2)C3)n1. The van der Waals surface area contributed by atoms with Crippen molar-refractivity contribution in [1.29, 1.82) is 0 Å². The number of hydrogen-bond donors (Lipinski definition) is 0. The zero-order valence-electron chi connectivity index (χ0n) is 14.2. The molecule has 4 rings (SSSR count).